The molecule has 0 aliphatic rings. The molecule has 0 saturated carbocycles. The molecule has 0 heterocycles. The van der Waals surface area contributed by atoms with Gasteiger partial charge >= 0.3 is 12.0 Å². The summed E-state index contributed by atoms with van der Waals surface area (Å²) in [5, 5.41) is 11.1. The van der Waals surface area contributed by atoms with Gasteiger partial charge in [0.1, 0.15) is 6.04 Å². The van der Waals surface area contributed by atoms with E-state index in [-0.39, 0.29) is 0 Å². The van der Waals surface area contributed by atoms with Crippen molar-refractivity contribution >= 4 is 12.0 Å². The van der Waals surface area contributed by atoms with Crippen molar-refractivity contribution in [3.05, 3.63) is 0 Å². The van der Waals surface area contributed by atoms with Gasteiger partial charge in [0.05, 0.1) is 6.61 Å². The second kappa shape index (κ2) is 7.05. The molecule has 6 heteroatoms. The summed E-state index contributed by atoms with van der Waals surface area (Å²) in [6.45, 7) is 2.56. The highest BCUT2D eigenvalue weighted by atomic mass is 16.5. The van der Waals surface area contributed by atoms with Crippen molar-refractivity contribution < 1.29 is 19.4 Å². The first kappa shape index (κ1) is 13.7. The van der Waals surface area contributed by atoms with E-state index in [2.05, 4.69) is 5.32 Å². The third-order valence-corrected chi connectivity index (χ3v) is 1.98. The Hall–Kier alpha value is -1.30. The Labute approximate surface area is 89.2 Å². The number of nitrogens with one attached hydrogen (secondary N) is 1. The van der Waals surface area contributed by atoms with Crippen molar-refractivity contribution in [2.24, 2.45) is 0 Å². The van der Waals surface area contributed by atoms with Crippen molar-refractivity contribution in [1.82, 2.24) is 10.2 Å². The minimum atomic E-state index is -1.02. The summed E-state index contributed by atoms with van der Waals surface area (Å²) in [5.74, 6) is -1.02. The summed E-state index contributed by atoms with van der Waals surface area (Å²) in [7, 11) is 3.13. The first-order valence-electron chi connectivity index (χ1n) is 4.76. The van der Waals surface area contributed by atoms with Crippen LogP contribution in [0.3, 0.4) is 0 Å². The van der Waals surface area contributed by atoms with Crippen LogP contribution in [0, 0.1) is 0 Å². The van der Waals surface area contributed by atoms with Crippen molar-refractivity contribution in [2.45, 2.75) is 19.4 Å². The van der Waals surface area contributed by atoms with Gasteiger partial charge in [0.15, 0.2) is 0 Å². The SMILES string of the molecule is CC[C@H](NC(=O)N(C)CCOC)C(=O)O. The molecule has 0 aliphatic carbocycles. The predicted octanol–water partition coefficient (Wildman–Crippen LogP) is 0.137. The van der Waals surface area contributed by atoms with E-state index >= 15 is 0 Å². The smallest absolute Gasteiger partial charge is 0.326 e. The zero-order chi connectivity index (χ0) is 11.8. The van der Waals surface area contributed by atoms with Gasteiger partial charge in [0.2, 0.25) is 0 Å². The van der Waals surface area contributed by atoms with Crippen LogP contribution in [0.1, 0.15) is 13.3 Å². The molecule has 0 aliphatic heterocycles. The molecule has 0 aromatic carbocycles. The number of carboxylic acids is 1. The van der Waals surface area contributed by atoms with Gasteiger partial charge in [0, 0.05) is 20.7 Å². The highest BCUT2D eigenvalue weighted by molar-refractivity contribution is 5.82. The van der Waals surface area contributed by atoms with Crippen LogP contribution in [0.4, 0.5) is 4.79 Å². The zero-order valence-corrected chi connectivity index (χ0v) is 9.32. The van der Waals surface area contributed by atoms with E-state index in [0.29, 0.717) is 19.6 Å². The summed E-state index contributed by atoms with van der Waals surface area (Å²) in [6.07, 6.45) is 0.360. The normalized spacial score (nSPS) is 11.9. The Bertz CT molecular complexity index is 220. The van der Waals surface area contributed by atoms with Gasteiger partial charge in [-0.1, -0.05) is 6.92 Å². The lowest BCUT2D eigenvalue weighted by atomic mass is 10.2. The van der Waals surface area contributed by atoms with E-state index in [4.69, 9.17) is 9.84 Å². The quantitative estimate of drug-likeness (QED) is 0.664. The van der Waals surface area contributed by atoms with Crippen LogP contribution < -0.4 is 5.32 Å². The Morgan fingerprint density at radius 1 is 1.53 bits per heavy atom. The van der Waals surface area contributed by atoms with Crippen LogP contribution in [0.15, 0.2) is 0 Å². The largest absolute Gasteiger partial charge is 0.480 e. The monoisotopic (exact) mass is 218 g/mol. The molecule has 2 amide bonds. The maximum absolute atomic E-state index is 11.4. The number of likely N-dealkylation sites (N-methyl/N-ethyl adjacent to an activating group) is 1. The van der Waals surface area contributed by atoms with Crippen LogP contribution >= 0.6 is 0 Å². The van der Waals surface area contributed by atoms with Gasteiger partial charge in [-0.15, -0.1) is 0 Å². The molecule has 2 N–H and O–H groups in total. The first-order valence-corrected chi connectivity index (χ1v) is 4.76. The number of aliphatic carboxylic acids is 1. The maximum Gasteiger partial charge on any atom is 0.326 e. The van der Waals surface area contributed by atoms with Gasteiger partial charge in [0.25, 0.3) is 0 Å². The second-order valence-electron chi connectivity index (χ2n) is 3.16. The van der Waals surface area contributed by atoms with E-state index in [1.165, 1.54) is 12.0 Å². The van der Waals surface area contributed by atoms with Crippen LogP contribution in [-0.2, 0) is 9.53 Å². The molecule has 0 unspecified atom stereocenters. The number of urea groups is 1. The topological polar surface area (TPSA) is 78.9 Å². The fraction of sp³-hybridized carbons (Fsp3) is 0.778. The van der Waals surface area contributed by atoms with Crippen LogP contribution in [0.5, 0.6) is 0 Å². The molecule has 0 radical (unpaired) electrons. The number of methoxy groups -OCH3 is 1. The molecule has 0 spiro atoms. The number of ether oxygens (including phenoxy) is 1. The lowest BCUT2D eigenvalue weighted by Gasteiger charge is -2.20. The number of hydrogen-bond donors (Lipinski definition) is 2. The van der Waals surface area contributed by atoms with Crippen molar-refractivity contribution in [1.29, 1.82) is 0 Å². The third kappa shape index (κ3) is 5.21. The standard InChI is InChI=1S/C9H18N2O4/c1-4-7(8(12)13)10-9(14)11(2)5-6-15-3/h7H,4-6H2,1-3H3,(H,10,14)(H,12,13)/t7-/m0/s1. The van der Waals surface area contributed by atoms with E-state index in [0.717, 1.165) is 0 Å². The number of nitrogens with zero attached hydrogens (tertiary/aromatic N) is 1. The van der Waals surface area contributed by atoms with Gasteiger partial charge in [-0.25, -0.2) is 9.59 Å². The van der Waals surface area contributed by atoms with Crippen molar-refractivity contribution in [2.75, 3.05) is 27.3 Å². The minimum absolute atomic E-state index is 0.360. The number of carboxylic acid groups (broad SMARTS) is 1. The highest BCUT2D eigenvalue weighted by Gasteiger charge is 2.19. The van der Waals surface area contributed by atoms with E-state index in [1.807, 2.05) is 0 Å². The van der Waals surface area contributed by atoms with Crippen LogP contribution in [-0.4, -0.2) is 55.4 Å². The molecule has 6 nitrogen and oxygen atoms in total. The number of carbonyl (C=O) groups is 2. The molecular weight excluding hydrogens is 200 g/mol. The summed E-state index contributed by atoms with van der Waals surface area (Å²) < 4.78 is 4.80. The van der Waals surface area contributed by atoms with Gasteiger partial charge in [-0.2, -0.15) is 0 Å². The molecule has 0 saturated heterocycles. The molecule has 0 aromatic rings. The average molecular weight is 218 g/mol. The predicted molar refractivity (Wildman–Crippen MR) is 54.8 cm³/mol. The summed E-state index contributed by atoms with van der Waals surface area (Å²) >= 11 is 0. The molecular formula is C9H18N2O4. The molecule has 88 valence electrons. The molecule has 15 heavy (non-hydrogen) atoms. The number of amides is 2. The van der Waals surface area contributed by atoms with Crippen LogP contribution in [0.2, 0.25) is 0 Å². The summed E-state index contributed by atoms with van der Waals surface area (Å²) in [5.41, 5.74) is 0. The number of carbonyl (C=O) groups excluding carboxylic acids is 1. The fourth-order valence-electron chi connectivity index (χ4n) is 0.927. The van der Waals surface area contributed by atoms with Crippen LogP contribution in [0.25, 0.3) is 0 Å². The highest BCUT2D eigenvalue weighted by Crippen LogP contribution is 1.93. The molecule has 0 aromatic heterocycles. The van der Waals surface area contributed by atoms with E-state index < -0.39 is 18.0 Å². The maximum atomic E-state index is 11.4. The lowest BCUT2D eigenvalue weighted by molar-refractivity contribution is -0.139. The minimum Gasteiger partial charge on any atom is -0.480 e. The first-order chi connectivity index (χ1) is 7.02. The van der Waals surface area contributed by atoms with E-state index in [9.17, 15) is 9.59 Å². The fourth-order valence-corrected chi connectivity index (χ4v) is 0.927. The summed E-state index contributed by atoms with van der Waals surface area (Å²) in [6, 6.07) is -1.23. The molecule has 0 rings (SSSR count). The molecule has 1 atom stereocenters. The van der Waals surface area contributed by atoms with Crippen molar-refractivity contribution in [3.63, 3.8) is 0 Å². The Morgan fingerprint density at radius 2 is 2.13 bits per heavy atom. The average Bonchev–Trinajstić information content (AvgIpc) is 2.21. The Kier molecular flexibility index (Phi) is 6.44. The number of hydrogen-bond acceptors (Lipinski definition) is 3. The molecule has 0 bridgehead atoms. The zero-order valence-electron chi connectivity index (χ0n) is 9.32. The van der Waals surface area contributed by atoms with Gasteiger partial charge in [-0.05, 0) is 6.42 Å². The lowest BCUT2D eigenvalue weighted by Crippen LogP contribution is -2.47. The summed E-state index contributed by atoms with van der Waals surface area (Å²) in [4.78, 5) is 23.4. The van der Waals surface area contributed by atoms with Crippen molar-refractivity contribution in [3.8, 4) is 0 Å². The van der Waals surface area contributed by atoms with Gasteiger partial charge < -0.3 is 20.1 Å². The molecule has 0 fully saturated rings. The third-order valence-electron chi connectivity index (χ3n) is 1.98. The Morgan fingerprint density at radius 3 is 2.53 bits per heavy atom. The van der Waals surface area contributed by atoms with E-state index in [1.54, 1.807) is 14.0 Å². The number of rotatable bonds is 6. The van der Waals surface area contributed by atoms with Gasteiger partial charge in [-0.3, -0.25) is 0 Å². The second-order valence-corrected chi connectivity index (χ2v) is 3.16. The Balaban J connectivity index is 4.04.